The summed E-state index contributed by atoms with van der Waals surface area (Å²) in [5.41, 5.74) is 0.458. The van der Waals surface area contributed by atoms with Crippen LogP contribution in [0.4, 0.5) is 4.39 Å². The monoisotopic (exact) mass is 384 g/mol. The molecule has 1 fully saturated rings. The van der Waals surface area contributed by atoms with E-state index in [1.165, 1.54) is 6.07 Å². The maximum atomic E-state index is 13.7. The van der Waals surface area contributed by atoms with Gasteiger partial charge >= 0.3 is 0 Å². The van der Waals surface area contributed by atoms with Crippen LogP contribution >= 0.6 is 15.9 Å². The van der Waals surface area contributed by atoms with E-state index in [0.717, 1.165) is 4.47 Å². The first kappa shape index (κ1) is 17.9. The Hall–Kier alpha value is -1.43. The van der Waals surface area contributed by atoms with Crippen molar-refractivity contribution in [2.45, 2.75) is 33.2 Å². The molecule has 126 valence electrons. The minimum absolute atomic E-state index is 0.0140. The lowest BCUT2D eigenvalue weighted by molar-refractivity contribution is -0.138. The third-order valence-electron chi connectivity index (χ3n) is 4.13. The number of likely N-dealkylation sites (tertiary alicyclic amines) is 1. The van der Waals surface area contributed by atoms with Gasteiger partial charge in [0, 0.05) is 41.5 Å². The number of carbonyl (C=O) groups excluding carboxylic acids is 2. The van der Waals surface area contributed by atoms with Crippen LogP contribution in [0.25, 0.3) is 0 Å². The summed E-state index contributed by atoms with van der Waals surface area (Å²) in [5.74, 6) is -0.381. The second kappa shape index (κ2) is 7.90. The third kappa shape index (κ3) is 4.77. The molecule has 2 amide bonds. The van der Waals surface area contributed by atoms with Crippen LogP contribution in [0.1, 0.15) is 32.3 Å². The lowest BCUT2D eigenvalue weighted by Crippen LogP contribution is -2.44. The van der Waals surface area contributed by atoms with Crippen LogP contribution < -0.4 is 5.32 Å². The molecule has 0 unspecified atom stereocenters. The zero-order valence-corrected chi connectivity index (χ0v) is 15.0. The fourth-order valence-electron chi connectivity index (χ4n) is 2.73. The van der Waals surface area contributed by atoms with Gasteiger partial charge in [0.25, 0.3) is 0 Å². The second-order valence-electron chi connectivity index (χ2n) is 6.21. The summed E-state index contributed by atoms with van der Waals surface area (Å²) in [6, 6.07) is 4.67. The number of carbonyl (C=O) groups is 2. The van der Waals surface area contributed by atoms with E-state index in [1.807, 2.05) is 18.7 Å². The Morgan fingerprint density at radius 3 is 2.61 bits per heavy atom. The fraction of sp³-hybridized carbons (Fsp3) is 0.529. The van der Waals surface area contributed by atoms with E-state index in [-0.39, 0.29) is 36.0 Å². The molecule has 0 bridgehead atoms. The van der Waals surface area contributed by atoms with Gasteiger partial charge in [-0.3, -0.25) is 9.59 Å². The topological polar surface area (TPSA) is 49.4 Å². The van der Waals surface area contributed by atoms with Gasteiger partial charge in [0.15, 0.2) is 0 Å². The maximum absolute atomic E-state index is 13.7. The Morgan fingerprint density at radius 2 is 2.00 bits per heavy atom. The summed E-state index contributed by atoms with van der Waals surface area (Å²) in [6.07, 6.45) is 1.32. The van der Waals surface area contributed by atoms with Crippen molar-refractivity contribution in [3.63, 3.8) is 0 Å². The lowest BCUT2D eigenvalue weighted by Gasteiger charge is -2.32. The van der Waals surface area contributed by atoms with E-state index >= 15 is 0 Å². The molecular formula is C17H22BrFN2O2. The summed E-state index contributed by atoms with van der Waals surface area (Å²) in [4.78, 5) is 26.0. The zero-order chi connectivity index (χ0) is 17.0. The quantitative estimate of drug-likeness (QED) is 0.866. The van der Waals surface area contributed by atoms with Gasteiger partial charge in [-0.1, -0.05) is 29.8 Å². The first-order chi connectivity index (χ1) is 10.9. The molecule has 0 aliphatic carbocycles. The molecule has 1 aromatic rings. The van der Waals surface area contributed by atoms with Crippen LogP contribution in [0.2, 0.25) is 0 Å². The molecule has 1 aromatic carbocycles. The Kier molecular flexibility index (Phi) is 6.16. The molecule has 0 spiro atoms. The Bertz CT molecular complexity index is 584. The highest BCUT2D eigenvalue weighted by atomic mass is 79.9. The molecule has 6 heteroatoms. The Labute approximate surface area is 144 Å². The number of hydrogen-bond acceptors (Lipinski definition) is 2. The van der Waals surface area contributed by atoms with Crippen molar-refractivity contribution in [2.75, 3.05) is 13.1 Å². The third-order valence-corrected chi connectivity index (χ3v) is 4.63. The number of nitrogens with one attached hydrogen (secondary N) is 1. The van der Waals surface area contributed by atoms with Crippen molar-refractivity contribution in [3.05, 3.63) is 34.1 Å². The molecule has 1 aliphatic heterocycles. The SMILES string of the molecule is CC(C)C(=O)N1CCC(C(=O)NCc2cc(Br)ccc2F)CC1. The molecule has 23 heavy (non-hydrogen) atoms. The van der Waals surface area contributed by atoms with E-state index in [0.29, 0.717) is 31.5 Å². The smallest absolute Gasteiger partial charge is 0.225 e. The number of amides is 2. The molecule has 1 saturated heterocycles. The number of piperidine rings is 1. The summed E-state index contributed by atoms with van der Waals surface area (Å²) in [5, 5.41) is 2.80. The second-order valence-corrected chi connectivity index (χ2v) is 7.12. The van der Waals surface area contributed by atoms with Gasteiger partial charge in [-0.25, -0.2) is 4.39 Å². The summed E-state index contributed by atoms with van der Waals surface area (Å²) >= 11 is 3.29. The van der Waals surface area contributed by atoms with Gasteiger partial charge in [-0.15, -0.1) is 0 Å². The van der Waals surface area contributed by atoms with E-state index in [4.69, 9.17) is 0 Å². The highest BCUT2D eigenvalue weighted by Gasteiger charge is 2.28. The number of hydrogen-bond donors (Lipinski definition) is 1. The normalized spacial score (nSPS) is 15.8. The van der Waals surface area contributed by atoms with Crippen LogP contribution in [0.5, 0.6) is 0 Å². The minimum atomic E-state index is -0.328. The van der Waals surface area contributed by atoms with Crippen molar-refractivity contribution in [1.82, 2.24) is 10.2 Å². The lowest BCUT2D eigenvalue weighted by atomic mass is 9.95. The highest BCUT2D eigenvalue weighted by molar-refractivity contribution is 9.10. The molecule has 4 nitrogen and oxygen atoms in total. The van der Waals surface area contributed by atoms with Crippen LogP contribution in [0, 0.1) is 17.7 Å². The molecule has 1 aliphatic rings. The molecule has 0 atom stereocenters. The van der Waals surface area contributed by atoms with Gasteiger partial charge in [-0.05, 0) is 31.0 Å². The maximum Gasteiger partial charge on any atom is 0.225 e. The standard InChI is InChI=1S/C17H22BrFN2O2/c1-11(2)17(23)21-7-5-12(6-8-21)16(22)20-10-13-9-14(18)3-4-15(13)19/h3-4,9,11-12H,5-8,10H2,1-2H3,(H,20,22). The first-order valence-electron chi connectivity index (χ1n) is 7.89. The van der Waals surface area contributed by atoms with Crippen LogP contribution in [0.15, 0.2) is 22.7 Å². The molecule has 2 rings (SSSR count). The average molecular weight is 385 g/mol. The van der Waals surface area contributed by atoms with E-state index < -0.39 is 0 Å². The van der Waals surface area contributed by atoms with E-state index in [2.05, 4.69) is 21.2 Å². The van der Waals surface area contributed by atoms with Gasteiger partial charge < -0.3 is 10.2 Å². The molecular weight excluding hydrogens is 363 g/mol. The molecule has 1 heterocycles. The predicted molar refractivity (Wildman–Crippen MR) is 90.1 cm³/mol. The molecule has 0 aromatic heterocycles. The van der Waals surface area contributed by atoms with Crippen LogP contribution in [-0.4, -0.2) is 29.8 Å². The van der Waals surface area contributed by atoms with E-state index in [1.54, 1.807) is 12.1 Å². The van der Waals surface area contributed by atoms with Gasteiger partial charge in [0.1, 0.15) is 5.82 Å². The predicted octanol–water partition coefficient (Wildman–Crippen LogP) is 3.10. The Morgan fingerprint density at radius 1 is 1.35 bits per heavy atom. The summed E-state index contributed by atoms with van der Waals surface area (Å²) in [6.45, 7) is 5.16. The van der Waals surface area contributed by atoms with Crippen molar-refractivity contribution in [3.8, 4) is 0 Å². The van der Waals surface area contributed by atoms with Gasteiger partial charge in [0.05, 0.1) is 0 Å². The minimum Gasteiger partial charge on any atom is -0.352 e. The average Bonchev–Trinajstić information content (AvgIpc) is 2.54. The molecule has 1 N–H and O–H groups in total. The van der Waals surface area contributed by atoms with Crippen molar-refractivity contribution in [1.29, 1.82) is 0 Å². The first-order valence-corrected chi connectivity index (χ1v) is 8.68. The van der Waals surface area contributed by atoms with Crippen LogP contribution in [0.3, 0.4) is 0 Å². The van der Waals surface area contributed by atoms with Crippen molar-refractivity contribution in [2.24, 2.45) is 11.8 Å². The molecule has 0 saturated carbocycles. The van der Waals surface area contributed by atoms with Crippen LogP contribution in [-0.2, 0) is 16.1 Å². The fourth-order valence-corrected chi connectivity index (χ4v) is 3.14. The largest absolute Gasteiger partial charge is 0.352 e. The number of nitrogens with zero attached hydrogens (tertiary/aromatic N) is 1. The molecule has 0 radical (unpaired) electrons. The van der Waals surface area contributed by atoms with Crippen molar-refractivity contribution < 1.29 is 14.0 Å². The van der Waals surface area contributed by atoms with Crippen molar-refractivity contribution >= 4 is 27.7 Å². The number of halogens is 2. The highest BCUT2D eigenvalue weighted by Crippen LogP contribution is 2.20. The van der Waals surface area contributed by atoms with E-state index in [9.17, 15) is 14.0 Å². The zero-order valence-electron chi connectivity index (χ0n) is 13.4. The number of benzene rings is 1. The number of rotatable bonds is 4. The van der Waals surface area contributed by atoms with Gasteiger partial charge in [0.2, 0.25) is 11.8 Å². The Balaban J connectivity index is 1.83. The van der Waals surface area contributed by atoms with Gasteiger partial charge in [-0.2, -0.15) is 0 Å². The summed E-state index contributed by atoms with van der Waals surface area (Å²) in [7, 11) is 0. The summed E-state index contributed by atoms with van der Waals surface area (Å²) < 4.78 is 14.4.